The van der Waals surface area contributed by atoms with Crippen LogP contribution in [0.5, 0.6) is 0 Å². The van der Waals surface area contributed by atoms with Gasteiger partial charge in [0, 0.05) is 12.1 Å². The maximum atomic E-state index is 11.4. The first-order chi connectivity index (χ1) is 8.58. The number of carboxylic acid groups (broad SMARTS) is 1. The summed E-state index contributed by atoms with van der Waals surface area (Å²) in [7, 11) is 0. The van der Waals surface area contributed by atoms with Gasteiger partial charge in [-0.05, 0) is 52.7 Å². The van der Waals surface area contributed by atoms with E-state index in [0.717, 1.165) is 0 Å². The van der Waals surface area contributed by atoms with Gasteiger partial charge in [-0.15, -0.1) is 0 Å². The van der Waals surface area contributed by atoms with Crippen molar-refractivity contribution in [2.75, 3.05) is 0 Å². The second kappa shape index (κ2) is 5.33. The fourth-order valence-corrected chi connectivity index (χ4v) is 1.80. The van der Waals surface area contributed by atoms with Crippen molar-refractivity contribution < 1.29 is 9.90 Å². The van der Waals surface area contributed by atoms with E-state index in [1.165, 1.54) is 16.7 Å². The van der Waals surface area contributed by atoms with Gasteiger partial charge in [0.2, 0.25) is 0 Å². The van der Waals surface area contributed by atoms with Crippen molar-refractivity contribution in [2.24, 2.45) is 5.41 Å². The maximum absolute atomic E-state index is 11.4. The molecule has 106 valence electrons. The van der Waals surface area contributed by atoms with Gasteiger partial charge in [0.15, 0.2) is 0 Å². The summed E-state index contributed by atoms with van der Waals surface area (Å²) in [5, 5.41) is 12.7. The molecule has 1 aromatic carbocycles. The van der Waals surface area contributed by atoms with E-state index in [9.17, 15) is 9.90 Å². The van der Waals surface area contributed by atoms with Crippen LogP contribution in [0, 0.1) is 19.3 Å². The molecule has 0 heterocycles. The smallest absolute Gasteiger partial charge is 0.310 e. The number of nitrogens with one attached hydrogen (secondary N) is 1. The van der Waals surface area contributed by atoms with Gasteiger partial charge in [-0.25, -0.2) is 0 Å². The van der Waals surface area contributed by atoms with Crippen LogP contribution in [0.4, 0.5) is 0 Å². The first kappa shape index (κ1) is 15.7. The van der Waals surface area contributed by atoms with Gasteiger partial charge in [-0.2, -0.15) is 0 Å². The van der Waals surface area contributed by atoms with Gasteiger partial charge in [0.1, 0.15) is 0 Å². The van der Waals surface area contributed by atoms with Crippen LogP contribution >= 0.6 is 0 Å². The molecule has 0 bridgehead atoms. The number of carbonyl (C=O) groups is 1. The predicted molar refractivity (Wildman–Crippen MR) is 78.3 cm³/mol. The van der Waals surface area contributed by atoms with Gasteiger partial charge < -0.3 is 10.4 Å². The molecule has 2 N–H and O–H groups in total. The molecule has 3 heteroatoms. The van der Waals surface area contributed by atoms with Crippen LogP contribution in [0.15, 0.2) is 18.2 Å². The molecule has 0 radical (unpaired) electrons. The minimum Gasteiger partial charge on any atom is -0.481 e. The van der Waals surface area contributed by atoms with Crippen molar-refractivity contribution in [2.45, 2.75) is 53.6 Å². The van der Waals surface area contributed by atoms with E-state index in [4.69, 9.17) is 0 Å². The quantitative estimate of drug-likeness (QED) is 0.857. The Kier molecular flexibility index (Phi) is 4.41. The van der Waals surface area contributed by atoms with Crippen LogP contribution < -0.4 is 5.32 Å². The summed E-state index contributed by atoms with van der Waals surface area (Å²) in [6.07, 6.45) is 0. The van der Waals surface area contributed by atoms with Crippen molar-refractivity contribution in [3.8, 4) is 0 Å². The molecule has 0 aliphatic rings. The Hall–Kier alpha value is -1.35. The van der Waals surface area contributed by atoms with Crippen LogP contribution in [-0.2, 0) is 11.3 Å². The summed E-state index contributed by atoms with van der Waals surface area (Å²) in [4.78, 5) is 11.4. The van der Waals surface area contributed by atoms with Crippen LogP contribution in [-0.4, -0.2) is 16.6 Å². The van der Waals surface area contributed by atoms with E-state index in [-0.39, 0.29) is 0 Å². The molecule has 0 aromatic heterocycles. The zero-order valence-corrected chi connectivity index (χ0v) is 12.8. The lowest BCUT2D eigenvalue weighted by Crippen LogP contribution is -2.54. The molecule has 3 nitrogen and oxygen atoms in total. The highest BCUT2D eigenvalue weighted by molar-refractivity contribution is 5.75. The highest BCUT2D eigenvalue weighted by Gasteiger charge is 2.42. The summed E-state index contributed by atoms with van der Waals surface area (Å²) in [6.45, 7) is 12.2. The van der Waals surface area contributed by atoms with Gasteiger partial charge in [-0.3, -0.25) is 4.79 Å². The predicted octanol–water partition coefficient (Wildman–Crippen LogP) is 3.28. The molecular weight excluding hydrogens is 238 g/mol. The number of benzene rings is 1. The average molecular weight is 263 g/mol. The third kappa shape index (κ3) is 3.35. The first-order valence-corrected chi connectivity index (χ1v) is 6.62. The number of rotatable bonds is 5. The molecule has 1 rings (SSSR count). The maximum Gasteiger partial charge on any atom is 0.310 e. The molecule has 1 aromatic rings. The Balaban J connectivity index is 2.86. The lowest BCUT2D eigenvalue weighted by atomic mass is 9.74. The lowest BCUT2D eigenvalue weighted by Gasteiger charge is -2.39. The molecule has 0 unspecified atom stereocenters. The van der Waals surface area contributed by atoms with Gasteiger partial charge in [0.05, 0.1) is 5.41 Å². The highest BCUT2D eigenvalue weighted by Crippen LogP contribution is 2.31. The molecular formula is C16H25NO2. The molecule has 0 spiro atoms. The van der Waals surface area contributed by atoms with E-state index < -0.39 is 16.9 Å². The van der Waals surface area contributed by atoms with E-state index in [2.05, 4.69) is 37.4 Å². The third-order valence-electron chi connectivity index (χ3n) is 4.32. The number of hydrogen-bond acceptors (Lipinski definition) is 2. The fraction of sp³-hybridized carbons (Fsp3) is 0.562. The second-order valence-electron chi connectivity index (χ2n) is 6.34. The fourth-order valence-electron chi connectivity index (χ4n) is 1.80. The number of hydrogen-bond donors (Lipinski definition) is 2. The third-order valence-corrected chi connectivity index (χ3v) is 4.32. The van der Waals surface area contributed by atoms with Gasteiger partial charge in [0.25, 0.3) is 0 Å². The Bertz CT molecular complexity index is 476. The average Bonchev–Trinajstić information content (AvgIpc) is 2.30. The summed E-state index contributed by atoms with van der Waals surface area (Å²) >= 11 is 0. The standard InChI is InChI=1S/C16H25NO2/c1-11-7-8-12(2)13(9-11)10-17-16(5,6)15(3,4)14(18)19/h7-9,17H,10H2,1-6H3,(H,18,19). The second-order valence-corrected chi connectivity index (χ2v) is 6.34. The van der Waals surface area contributed by atoms with Crippen LogP contribution in [0.2, 0.25) is 0 Å². The Morgan fingerprint density at radius 3 is 2.32 bits per heavy atom. The van der Waals surface area contributed by atoms with Crippen LogP contribution in [0.1, 0.15) is 44.4 Å². The number of carboxylic acids is 1. The number of aryl methyl sites for hydroxylation is 2. The number of aliphatic carboxylic acids is 1. The summed E-state index contributed by atoms with van der Waals surface area (Å²) in [5.41, 5.74) is 2.34. The summed E-state index contributed by atoms with van der Waals surface area (Å²) in [6, 6.07) is 6.33. The summed E-state index contributed by atoms with van der Waals surface area (Å²) in [5.74, 6) is -0.786. The van der Waals surface area contributed by atoms with Gasteiger partial charge in [-0.1, -0.05) is 23.8 Å². The summed E-state index contributed by atoms with van der Waals surface area (Å²) < 4.78 is 0. The Labute approximate surface area is 116 Å². The lowest BCUT2D eigenvalue weighted by molar-refractivity contribution is -0.151. The topological polar surface area (TPSA) is 49.3 Å². The van der Waals surface area contributed by atoms with Gasteiger partial charge >= 0.3 is 5.97 Å². The monoisotopic (exact) mass is 263 g/mol. The van der Waals surface area contributed by atoms with Crippen molar-refractivity contribution >= 4 is 5.97 Å². The van der Waals surface area contributed by atoms with E-state index in [0.29, 0.717) is 6.54 Å². The van der Waals surface area contributed by atoms with Crippen LogP contribution in [0.3, 0.4) is 0 Å². The van der Waals surface area contributed by atoms with E-state index in [1.807, 2.05) is 13.8 Å². The minimum atomic E-state index is -0.829. The van der Waals surface area contributed by atoms with Crippen molar-refractivity contribution in [1.29, 1.82) is 0 Å². The molecule has 0 aliphatic heterocycles. The molecule has 0 saturated heterocycles. The Morgan fingerprint density at radius 2 is 1.79 bits per heavy atom. The first-order valence-electron chi connectivity index (χ1n) is 6.62. The normalized spacial score (nSPS) is 12.5. The molecule has 0 fully saturated rings. The largest absolute Gasteiger partial charge is 0.481 e. The molecule has 0 aliphatic carbocycles. The van der Waals surface area contributed by atoms with E-state index >= 15 is 0 Å². The van der Waals surface area contributed by atoms with E-state index in [1.54, 1.807) is 13.8 Å². The zero-order valence-electron chi connectivity index (χ0n) is 12.8. The highest BCUT2D eigenvalue weighted by atomic mass is 16.4. The van der Waals surface area contributed by atoms with Crippen molar-refractivity contribution in [3.63, 3.8) is 0 Å². The molecule has 0 atom stereocenters. The minimum absolute atomic E-state index is 0.491. The molecule has 0 amide bonds. The Morgan fingerprint density at radius 1 is 1.21 bits per heavy atom. The molecule has 0 saturated carbocycles. The molecule has 19 heavy (non-hydrogen) atoms. The van der Waals surface area contributed by atoms with Crippen molar-refractivity contribution in [1.82, 2.24) is 5.32 Å². The zero-order chi connectivity index (χ0) is 14.8. The van der Waals surface area contributed by atoms with Crippen molar-refractivity contribution in [3.05, 3.63) is 34.9 Å². The van der Waals surface area contributed by atoms with Crippen LogP contribution in [0.25, 0.3) is 0 Å². The SMILES string of the molecule is Cc1ccc(C)c(CNC(C)(C)C(C)(C)C(=O)O)c1.